The Labute approximate surface area is 286 Å². The highest BCUT2D eigenvalue weighted by atomic mass is 16.6. The zero-order valence-electron chi connectivity index (χ0n) is 28.0. The number of rotatable bonds is 16. The summed E-state index contributed by atoms with van der Waals surface area (Å²) in [6.07, 6.45) is 5.64. The fourth-order valence-electron chi connectivity index (χ4n) is 5.90. The summed E-state index contributed by atoms with van der Waals surface area (Å²) in [5, 5.41) is 11.1. The summed E-state index contributed by atoms with van der Waals surface area (Å²) in [6, 6.07) is 10.3. The molecule has 0 spiro atoms. The van der Waals surface area contributed by atoms with Gasteiger partial charge in [0.05, 0.1) is 36.8 Å². The van der Waals surface area contributed by atoms with Crippen LogP contribution in [0.4, 0.5) is 15.3 Å². The van der Waals surface area contributed by atoms with Gasteiger partial charge < -0.3 is 24.0 Å². The predicted octanol–water partition coefficient (Wildman–Crippen LogP) is 6.13. The molecule has 1 saturated carbocycles. The van der Waals surface area contributed by atoms with Gasteiger partial charge in [-0.25, -0.2) is 19.3 Å². The SMILES string of the molecule is C=CCCCCCN(Cc1ccc(OC)cc1)C(=O)N1CC(OC(=O)c2ccc([N+](=O)[O-])cc2)CC1C(=O)N(C(=O)OCC)C1CC1C=C. The standard InChI is InChI=1S/C36H44N4O9/c1-5-8-9-10-11-20-37(23-25-12-18-29(47-4)19-13-25)35(43)38-24-30(49-34(42)27-14-16-28(17-15-27)40(45)46)22-32(38)33(41)39(36(44)48-7-3)31-21-26(31)6-2/h5-6,12-19,26,30-32H,1-2,7-11,20-24H2,3-4H3. The smallest absolute Gasteiger partial charge is 0.416 e. The van der Waals surface area contributed by atoms with Gasteiger partial charge in [-0.15, -0.1) is 13.2 Å². The number of amides is 4. The zero-order chi connectivity index (χ0) is 35.5. The van der Waals surface area contributed by atoms with E-state index in [1.807, 2.05) is 18.2 Å². The van der Waals surface area contributed by atoms with Crippen LogP contribution in [-0.2, 0) is 20.8 Å². The largest absolute Gasteiger partial charge is 0.497 e. The van der Waals surface area contributed by atoms with Gasteiger partial charge in [-0.3, -0.25) is 14.9 Å². The van der Waals surface area contributed by atoms with Crippen LogP contribution in [0.25, 0.3) is 0 Å². The van der Waals surface area contributed by atoms with Gasteiger partial charge in [0.25, 0.3) is 11.6 Å². The highest BCUT2D eigenvalue weighted by Gasteiger charge is 2.51. The van der Waals surface area contributed by atoms with E-state index in [0.717, 1.165) is 29.7 Å². The second-order valence-corrected chi connectivity index (χ2v) is 12.0. The van der Waals surface area contributed by atoms with Crippen LogP contribution in [0.1, 0.15) is 61.4 Å². The maximum absolute atomic E-state index is 14.4. The number of nitro groups is 1. The first-order valence-corrected chi connectivity index (χ1v) is 16.5. The first kappa shape index (κ1) is 36.6. The lowest BCUT2D eigenvalue weighted by atomic mass is 10.1. The zero-order valence-corrected chi connectivity index (χ0v) is 28.0. The number of carbonyl (C=O) groups is 4. The van der Waals surface area contributed by atoms with Gasteiger partial charge in [-0.1, -0.05) is 30.7 Å². The molecule has 49 heavy (non-hydrogen) atoms. The minimum absolute atomic E-state index is 0.0539. The third-order valence-corrected chi connectivity index (χ3v) is 8.66. The van der Waals surface area contributed by atoms with Crippen LogP contribution < -0.4 is 4.74 Å². The molecular formula is C36H44N4O9. The van der Waals surface area contributed by atoms with E-state index in [2.05, 4.69) is 13.2 Å². The summed E-state index contributed by atoms with van der Waals surface area (Å²) in [6.45, 7) is 9.81. The lowest BCUT2D eigenvalue weighted by molar-refractivity contribution is -0.384. The molecule has 13 heteroatoms. The Balaban J connectivity index is 1.62. The number of hydrogen-bond donors (Lipinski definition) is 0. The monoisotopic (exact) mass is 676 g/mol. The van der Waals surface area contributed by atoms with E-state index in [1.165, 1.54) is 29.2 Å². The van der Waals surface area contributed by atoms with E-state index < -0.39 is 47.1 Å². The third-order valence-electron chi connectivity index (χ3n) is 8.66. The molecule has 0 bridgehead atoms. The summed E-state index contributed by atoms with van der Waals surface area (Å²) in [5.74, 6) is -0.804. The van der Waals surface area contributed by atoms with Crippen molar-refractivity contribution in [2.45, 2.75) is 70.2 Å². The van der Waals surface area contributed by atoms with Gasteiger partial charge in [0.15, 0.2) is 0 Å². The summed E-state index contributed by atoms with van der Waals surface area (Å²) in [4.78, 5) is 69.5. The summed E-state index contributed by atoms with van der Waals surface area (Å²) < 4.78 is 16.3. The molecule has 1 heterocycles. The Morgan fingerprint density at radius 1 is 1.02 bits per heavy atom. The number of allylic oxidation sites excluding steroid dienone is 1. The minimum Gasteiger partial charge on any atom is -0.497 e. The van der Waals surface area contributed by atoms with E-state index in [9.17, 15) is 29.3 Å². The molecule has 1 saturated heterocycles. The molecular weight excluding hydrogens is 632 g/mol. The Hall–Kier alpha value is -5.20. The number of benzene rings is 2. The maximum Gasteiger partial charge on any atom is 0.416 e. The highest BCUT2D eigenvalue weighted by molar-refractivity contribution is 5.98. The molecule has 2 aromatic rings. The van der Waals surface area contributed by atoms with E-state index >= 15 is 0 Å². The fraction of sp³-hybridized carbons (Fsp3) is 0.444. The van der Waals surface area contributed by atoms with Crippen LogP contribution in [0, 0.1) is 16.0 Å². The number of likely N-dealkylation sites (tertiary alicyclic amines) is 1. The van der Waals surface area contributed by atoms with Gasteiger partial charge in [-0.05, 0) is 68.4 Å². The van der Waals surface area contributed by atoms with E-state index in [1.54, 1.807) is 37.1 Å². The van der Waals surface area contributed by atoms with Gasteiger partial charge in [0.1, 0.15) is 17.9 Å². The van der Waals surface area contributed by atoms with Crippen molar-refractivity contribution in [1.82, 2.24) is 14.7 Å². The number of carbonyl (C=O) groups excluding carboxylic acids is 4. The van der Waals surface area contributed by atoms with Crippen LogP contribution in [-0.4, -0.2) is 88.6 Å². The quantitative estimate of drug-likeness (QED) is 0.0673. The molecule has 2 fully saturated rings. The molecule has 4 unspecified atom stereocenters. The molecule has 2 aromatic carbocycles. The van der Waals surface area contributed by atoms with Gasteiger partial charge in [0.2, 0.25) is 0 Å². The molecule has 0 aromatic heterocycles. The Kier molecular flexibility index (Phi) is 12.9. The number of ether oxygens (including phenoxy) is 3. The van der Waals surface area contributed by atoms with Gasteiger partial charge in [0, 0.05) is 31.6 Å². The van der Waals surface area contributed by atoms with Crippen LogP contribution >= 0.6 is 0 Å². The topological polar surface area (TPSA) is 149 Å². The number of nitrogens with zero attached hydrogens (tertiary/aromatic N) is 4. The molecule has 13 nitrogen and oxygen atoms in total. The number of hydrogen-bond acceptors (Lipinski definition) is 9. The first-order valence-electron chi connectivity index (χ1n) is 16.5. The van der Waals surface area contributed by atoms with E-state index in [-0.39, 0.29) is 43.3 Å². The van der Waals surface area contributed by atoms with Crippen molar-refractivity contribution in [3.05, 3.63) is 95.1 Å². The molecule has 1 aliphatic carbocycles. The molecule has 4 rings (SSSR count). The molecule has 262 valence electrons. The summed E-state index contributed by atoms with van der Waals surface area (Å²) >= 11 is 0. The van der Waals surface area contributed by atoms with Crippen molar-refractivity contribution in [3.63, 3.8) is 0 Å². The number of imide groups is 1. The van der Waals surface area contributed by atoms with Crippen molar-refractivity contribution in [2.24, 2.45) is 5.92 Å². The Bertz CT molecular complexity index is 1510. The number of methoxy groups -OCH3 is 1. The molecule has 0 radical (unpaired) electrons. The van der Waals surface area contributed by atoms with Crippen LogP contribution in [0.15, 0.2) is 73.8 Å². The average Bonchev–Trinajstić information content (AvgIpc) is 3.75. The first-order chi connectivity index (χ1) is 23.6. The number of unbranched alkanes of at least 4 members (excludes halogenated alkanes) is 3. The maximum atomic E-state index is 14.4. The number of non-ortho nitro benzene ring substituents is 1. The van der Waals surface area contributed by atoms with Crippen molar-refractivity contribution in [1.29, 1.82) is 0 Å². The molecule has 2 aliphatic rings. The number of nitro benzene ring substituents is 1. The van der Waals surface area contributed by atoms with Crippen molar-refractivity contribution < 1.29 is 38.3 Å². The van der Waals surface area contributed by atoms with Crippen molar-refractivity contribution in [2.75, 3.05) is 26.8 Å². The molecule has 1 aliphatic heterocycles. The normalized spacial score (nSPS) is 19.3. The van der Waals surface area contributed by atoms with E-state index in [0.29, 0.717) is 25.1 Å². The van der Waals surface area contributed by atoms with Crippen LogP contribution in [0.3, 0.4) is 0 Å². The number of urea groups is 1. The van der Waals surface area contributed by atoms with Gasteiger partial charge in [-0.2, -0.15) is 0 Å². The lowest BCUT2D eigenvalue weighted by Gasteiger charge is -2.33. The molecule has 4 amide bonds. The number of esters is 1. The summed E-state index contributed by atoms with van der Waals surface area (Å²) in [5.41, 5.74) is 0.750. The van der Waals surface area contributed by atoms with E-state index in [4.69, 9.17) is 14.2 Å². The summed E-state index contributed by atoms with van der Waals surface area (Å²) in [7, 11) is 1.57. The van der Waals surface area contributed by atoms with Crippen molar-refractivity contribution >= 4 is 29.7 Å². The molecule has 4 atom stereocenters. The predicted molar refractivity (Wildman–Crippen MR) is 181 cm³/mol. The Morgan fingerprint density at radius 3 is 2.33 bits per heavy atom. The Morgan fingerprint density at radius 2 is 1.73 bits per heavy atom. The van der Waals surface area contributed by atoms with Crippen LogP contribution in [0.2, 0.25) is 0 Å². The van der Waals surface area contributed by atoms with Crippen LogP contribution in [0.5, 0.6) is 5.75 Å². The minimum atomic E-state index is -1.13. The lowest BCUT2D eigenvalue weighted by Crippen LogP contribution is -2.54. The average molecular weight is 677 g/mol. The third kappa shape index (κ3) is 9.46. The highest BCUT2D eigenvalue weighted by Crippen LogP contribution is 2.39. The molecule has 0 N–H and O–H groups in total. The van der Waals surface area contributed by atoms with Gasteiger partial charge >= 0.3 is 18.1 Å². The fourth-order valence-corrected chi connectivity index (χ4v) is 5.90. The second-order valence-electron chi connectivity index (χ2n) is 12.0. The second kappa shape index (κ2) is 17.3. The van der Waals surface area contributed by atoms with Crippen molar-refractivity contribution in [3.8, 4) is 5.75 Å².